The maximum Gasteiger partial charge on any atom is 0.240 e. The summed E-state index contributed by atoms with van der Waals surface area (Å²) in [6.45, 7) is 0.174. The highest BCUT2D eigenvalue weighted by molar-refractivity contribution is 14.1. The first-order valence-corrected chi connectivity index (χ1v) is 7.70. The summed E-state index contributed by atoms with van der Waals surface area (Å²) >= 11 is 8.44. The molecule has 1 atom stereocenters. The molecule has 1 aliphatic heterocycles. The molecule has 108 valence electrons. The van der Waals surface area contributed by atoms with Crippen LogP contribution in [0.5, 0.6) is 5.75 Å². The van der Waals surface area contributed by atoms with Crippen LogP contribution in [0.4, 0.5) is 0 Å². The number of halogens is 2. The number of hydrogen-bond acceptors (Lipinski definition) is 3. The number of benzene rings is 1. The van der Waals surface area contributed by atoms with Crippen LogP contribution in [0.2, 0.25) is 5.02 Å². The van der Waals surface area contributed by atoms with Crippen molar-refractivity contribution < 1.29 is 14.3 Å². The molecule has 0 saturated heterocycles. The van der Waals surface area contributed by atoms with Gasteiger partial charge in [-0.05, 0) is 24.6 Å². The maximum absolute atomic E-state index is 12.0. The fourth-order valence-electron chi connectivity index (χ4n) is 1.99. The molecule has 1 heterocycles. The zero-order valence-corrected chi connectivity index (χ0v) is 14.1. The van der Waals surface area contributed by atoms with Crippen molar-refractivity contribution in [2.75, 3.05) is 21.0 Å². The topological polar surface area (TPSA) is 38.8 Å². The molecular formula is C14H15ClINO3. The minimum atomic E-state index is -0.00978. The van der Waals surface area contributed by atoms with Crippen molar-refractivity contribution >= 4 is 45.8 Å². The lowest BCUT2D eigenvalue weighted by atomic mass is 10.0. The minimum Gasteiger partial charge on any atom is -0.468 e. The van der Waals surface area contributed by atoms with Gasteiger partial charge in [0.2, 0.25) is 5.91 Å². The molecule has 0 aliphatic carbocycles. The largest absolute Gasteiger partial charge is 0.468 e. The van der Waals surface area contributed by atoms with Crippen LogP contribution in [0.25, 0.3) is 5.70 Å². The van der Waals surface area contributed by atoms with E-state index in [1.54, 1.807) is 25.1 Å². The Labute approximate surface area is 136 Å². The van der Waals surface area contributed by atoms with Crippen molar-refractivity contribution in [1.82, 2.24) is 4.90 Å². The van der Waals surface area contributed by atoms with Crippen LogP contribution in [0, 0.1) is 0 Å². The average Bonchev–Trinajstić information content (AvgIpc) is 2.44. The Balaban J connectivity index is 2.27. The minimum absolute atomic E-state index is 0.00978. The van der Waals surface area contributed by atoms with Crippen molar-refractivity contribution in [3.05, 3.63) is 34.9 Å². The third kappa shape index (κ3) is 3.27. The first kappa shape index (κ1) is 15.6. The van der Waals surface area contributed by atoms with E-state index in [-0.39, 0.29) is 16.6 Å². The van der Waals surface area contributed by atoms with Gasteiger partial charge in [0.15, 0.2) is 6.79 Å². The number of ether oxygens (including phenoxy) is 2. The Morgan fingerprint density at radius 2 is 2.25 bits per heavy atom. The van der Waals surface area contributed by atoms with Gasteiger partial charge in [-0.3, -0.25) is 4.79 Å². The van der Waals surface area contributed by atoms with Gasteiger partial charge in [-0.15, -0.1) is 0 Å². The zero-order valence-electron chi connectivity index (χ0n) is 11.2. The Morgan fingerprint density at radius 3 is 2.90 bits per heavy atom. The van der Waals surface area contributed by atoms with Crippen molar-refractivity contribution in [3.8, 4) is 5.75 Å². The number of amides is 1. The van der Waals surface area contributed by atoms with Gasteiger partial charge in [0.05, 0.1) is 8.95 Å². The van der Waals surface area contributed by atoms with Gasteiger partial charge in [-0.25, -0.2) is 0 Å². The van der Waals surface area contributed by atoms with Crippen LogP contribution in [-0.2, 0) is 9.53 Å². The lowest BCUT2D eigenvalue weighted by Gasteiger charge is -2.28. The molecule has 0 radical (unpaired) electrons. The number of carbonyl (C=O) groups is 1. The molecule has 0 aromatic heterocycles. The molecule has 1 aliphatic rings. The van der Waals surface area contributed by atoms with Crippen LogP contribution in [-0.4, -0.2) is 35.7 Å². The van der Waals surface area contributed by atoms with Crippen molar-refractivity contribution in [3.63, 3.8) is 0 Å². The summed E-state index contributed by atoms with van der Waals surface area (Å²) in [5, 5.41) is 0.552. The van der Waals surface area contributed by atoms with Crippen LogP contribution in [0.3, 0.4) is 0 Å². The maximum atomic E-state index is 12.0. The molecule has 1 unspecified atom stereocenters. The fraction of sp³-hybridized carbons (Fsp3) is 0.357. The summed E-state index contributed by atoms with van der Waals surface area (Å²) in [7, 11) is 3.33. The summed E-state index contributed by atoms with van der Waals surface area (Å²) in [5.41, 5.74) is 1.67. The van der Waals surface area contributed by atoms with Crippen LogP contribution < -0.4 is 4.74 Å². The van der Waals surface area contributed by atoms with E-state index in [9.17, 15) is 4.79 Å². The molecule has 1 aromatic carbocycles. The molecule has 0 N–H and O–H groups in total. The SMILES string of the molecule is COCOc1ccc(C2=CCC(I)C(=O)N2C)c(Cl)c1. The van der Waals surface area contributed by atoms with Gasteiger partial charge in [0.1, 0.15) is 5.75 Å². The summed E-state index contributed by atoms with van der Waals surface area (Å²) in [5.74, 6) is 0.733. The smallest absolute Gasteiger partial charge is 0.240 e. The summed E-state index contributed by atoms with van der Waals surface area (Å²) in [6, 6.07) is 5.40. The highest BCUT2D eigenvalue weighted by Gasteiger charge is 2.27. The molecule has 0 spiro atoms. The quantitative estimate of drug-likeness (QED) is 0.437. The standard InChI is InChI=1S/C14H15ClINO3/c1-17-13(6-5-12(16)14(17)18)10-4-3-9(7-11(10)15)20-8-19-2/h3-4,6-7,12H,5,8H2,1-2H3. The molecular weight excluding hydrogens is 393 g/mol. The average molecular weight is 408 g/mol. The highest BCUT2D eigenvalue weighted by atomic mass is 127. The number of methoxy groups -OCH3 is 1. The van der Waals surface area contributed by atoms with E-state index in [1.165, 1.54) is 0 Å². The second-order valence-electron chi connectivity index (χ2n) is 4.38. The molecule has 6 heteroatoms. The van der Waals surface area contributed by atoms with E-state index < -0.39 is 0 Å². The van der Waals surface area contributed by atoms with E-state index in [4.69, 9.17) is 21.1 Å². The predicted molar refractivity (Wildman–Crippen MR) is 87.1 cm³/mol. The number of nitrogens with zero attached hydrogens (tertiary/aromatic N) is 1. The first-order chi connectivity index (χ1) is 9.54. The summed E-state index contributed by atoms with van der Waals surface area (Å²) < 4.78 is 10.2. The number of carbonyl (C=O) groups excluding carboxylic acids is 1. The zero-order chi connectivity index (χ0) is 14.7. The fourth-order valence-corrected chi connectivity index (χ4v) is 2.93. The third-order valence-corrected chi connectivity index (χ3v) is 4.39. The number of alkyl halides is 1. The van der Waals surface area contributed by atoms with Crippen LogP contribution in [0.1, 0.15) is 12.0 Å². The normalized spacial score (nSPS) is 19.0. The van der Waals surface area contributed by atoms with Gasteiger partial charge >= 0.3 is 0 Å². The number of rotatable bonds is 4. The molecule has 0 bridgehead atoms. The Hall–Kier alpha value is -0.790. The van der Waals surface area contributed by atoms with E-state index in [0.29, 0.717) is 10.8 Å². The second-order valence-corrected chi connectivity index (χ2v) is 6.29. The molecule has 20 heavy (non-hydrogen) atoms. The van der Waals surface area contributed by atoms with Crippen molar-refractivity contribution in [1.29, 1.82) is 0 Å². The van der Waals surface area contributed by atoms with Crippen molar-refractivity contribution in [2.45, 2.75) is 10.3 Å². The van der Waals surface area contributed by atoms with Gasteiger partial charge in [0, 0.05) is 25.4 Å². The Kier molecular flexibility index (Phi) is 5.29. The van der Waals surface area contributed by atoms with Crippen LogP contribution in [0.15, 0.2) is 24.3 Å². The third-order valence-electron chi connectivity index (χ3n) is 3.04. The van der Waals surface area contributed by atoms with Gasteiger partial charge in [-0.1, -0.05) is 40.3 Å². The van der Waals surface area contributed by atoms with Crippen LogP contribution >= 0.6 is 34.2 Å². The van der Waals surface area contributed by atoms with Crippen molar-refractivity contribution in [2.24, 2.45) is 0 Å². The van der Waals surface area contributed by atoms with E-state index in [2.05, 4.69) is 22.6 Å². The van der Waals surface area contributed by atoms with Gasteiger partial charge in [-0.2, -0.15) is 0 Å². The summed E-state index contributed by atoms with van der Waals surface area (Å²) in [4.78, 5) is 13.7. The number of allylic oxidation sites excluding steroid dienone is 1. The molecule has 1 aromatic rings. The Morgan fingerprint density at radius 1 is 1.50 bits per heavy atom. The molecule has 4 nitrogen and oxygen atoms in total. The van der Waals surface area contributed by atoms with Gasteiger partial charge in [0.25, 0.3) is 0 Å². The monoisotopic (exact) mass is 407 g/mol. The van der Waals surface area contributed by atoms with E-state index >= 15 is 0 Å². The molecule has 0 fully saturated rings. The predicted octanol–water partition coefficient (Wildman–Crippen LogP) is 3.33. The van der Waals surface area contributed by atoms with E-state index in [0.717, 1.165) is 17.7 Å². The molecule has 0 saturated carbocycles. The lowest BCUT2D eigenvalue weighted by molar-refractivity contribution is -0.126. The number of hydrogen-bond donors (Lipinski definition) is 0. The second kappa shape index (κ2) is 6.78. The summed E-state index contributed by atoms with van der Waals surface area (Å²) in [6.07, 6.45) is 2.76. The highest BCUT2D eigenvalue weighted by Crippen LogP contribution is 2.33. The lowest BCUT2D eigenvalue weighted by Crippen LogP contribution is -2.35. The Bertz CT molecular complexity index is 547. The molecule has 2 rings (SSSR count). The van der Waals surface area contributed by atoms with Gasteiger partial charge < -0.3 is 14.4 Å². The first-order valence-electron chi connectivity index (χ1n) is 6.08. The van der Waals surface area contributed by atoms with E-state index in [1.807, 2.05) is 18.2 Å². The molecule has 1 amide bonds.